The van der Waals surface area contributed by atoms with E-state index < -0.39 is 0 Å². The average molecular weight is 190 g/mol. The lowest BCUT2D eigenvalue weighted by Gasteiger charge is -1.95. The number of aryl methyl sites for hydroxylation is 1. The van der Waals surface area contributed by atoms with E-state index in [0.717, 1.165) is 10.7 Å². The minimum atomic E-state index is 0.628. The van der Waals surface area contributed by atoms with Gasteiger partial charge in [-0.3, -0.25) is 4.57 Å². The summed E-state index contributed by atoms with van der Waals surface area (Å²) < 4.78 is 5.91. The quantitative estimate of drug-likeness (QED) is 0.684. The van der Waals surface area contributed by atoms with Gasteiger partial charge in [0.2, 0.25) is 0 Å². The van der Waals surface area contributed by atoms with Crippen LogP contribution in [0.4, 0.5) is 0 Å². The number of imidazole rings is 1. The van der Waals surface area contributed by atoms with E-state index in [1.165, 1.54) is 11.5 Å². The predicted octanol–water partition coefficient (Wildman–Crippen LogP) is 1.51. The number of hydrogen-bond acceptors (Lipinski definition) is 4. The molecule has 0 radical (unpaired) electrons. The number of rotatable bonds is 1. The van der Waals surface area contributed by atoms with Crippen LogP contribution in [0.15, 0.2) is 18.7 Å². The first-order chi connectivity index (χ1) is 6.33. The fourth-order valence-electron chi connectivity index (χ4n) is 1.04. The number of aromatic nitrogens is 3. The van der Waals surface area contributed by atoms with E-state index in [9.17, 15) is 0 Å². The summed E-state index contributed by atoms with van der Waals surface area (Å²) >= 11 is 1.31. The van der Waals surface area contributed by atoms with Gasteiger partial charge in [-0.2, -0.15) is 9.64 Å². The summed E-state index contributed by atoms with van der Waals surface area (Å²) in [7, 11) is 0. The second-order valence-corrected chi connectivity index (χ2v) is 3.28. The first-order valence-corrected chi connectivity index (χ1v) is 4.45. The van der Waals surface area contributed by atoms with Gasteiger partial charge in [0.15, 0.2) is 0 Å². The molecule has 0 atom stereocenters. The molecule has 0 saturated heterocycles. The Labute approximate surface area is 79.3 Å². The SMILES string of the molecule is Cc1nsc(-n2ccnc2)c1C#N. The van der Waals surface area contributed by atoms with E-state index in [4.69, 9.17) is 5.26 Å². The van der Waals surface area contributed by atoms with Crippen LogP contribution >= 0.6 is 11.5 Å². The van der Waals surface area contributed by atoms with Crippen molar-refractivity contribution >= 4 is 11.5 Å². The van der Waals surface area contributed by atoms with Crippen molar-refractivity contribution < 1.29 is 0 Å². The summed E-state index contributed by atoms with van der Waals surface area (Å²) in [5, 5.41) is 9.70. The number of nitriles is 1. The summed E-state index contributed by atoms with van der Waals surface area (Å²) in [5.41, 5.74) is 1.40. The Morgan fingerprint density at radius 3 is 3.08 bits per heavy atom. The molecule has 0 aromatic carbocycles. The molecule has 2 rings (SSSR count). The van der Waals surface area contributed by atoms with Gasteiger partial charge in [-0.1, -0.05) is 0 Å². The van der Waals surface area contributed by atoms with Crippen molar-refractivity contribution in [2.45, 2.75) is 6.92 Å². The molecule has 0 spiro atoms. The largest absolute Gasteiger partial charge is 0.295 e. The molecule has 0 bridgehead atoms. The predicted molar refractivity (Wildman–Crippen MR) is 48.7 cm³/mol. The number of hydrogen-bond donors (Lipinski definition) is 0. The van der Waals surface area contributed by atoms with E-state index in [1.54, 1.807) is 23.3 Å². The van der Waals surface area contributed by atoms with Gasteiger partial charge in [0, 0.05) is 12.4 Å². The molecule has 2 aromatic rings. The molecule has 0 fully saturated rings. The van der Waals surface area contributed by atoms with Crippen molar-refractivity contribution in [3.63, 3.8) is 0 Å². The second-order valence-electron chi connectivity index (χ2n) is 2.53. The van der Waals surface area contributed by atoms with E-state index in [-0.39, 0.29) is 0 Å². The zero-order chi connectivity index (χ0) is 9.26. The Balaban J connectivity index is 2.60. The highest BCUT2D eigenvalue weighted by Crippen LogP contribution is 2.21. The molecule has 2 heterocycles. The van der Waals surface area contributed by atoms with Crippen LogP contribution in [0.5, 0.6) is 0 Å². The highest BCUT2D eigenvalue weighted by atomic mass is 32.1. The molecular weight excluding hydrogens is 184 g/mol. The zero-order valence-corrected chi connectivity index (χ0v) is 7.75. The zero-order valence-electron chi connectivity index (χ0n) is 6.93. The molecule has 0 N–H and O–H groups in total. The minimum Gasteiger partial charge on any atom is -0.295 e. The van der Waals surface area contributed by atoms with Crippen LogP contribution in [0.25, 0.3) is 5.00 Å². The van der Waals surface area contributed by atoms with Gasteiger partial charge < -0.3 is 0 Å². The Kier molecular flexibility index (Phi) is 1.83. The van der Waals surface area contributed by atoms with Crippen LogP contribution in [0.1, 0.15) is 11.3 Å². The molecule has 0 saturated carbocycles. The lowest BCUT2D eigenvalue weighted by Crippen LogP contribution is -1.89. The van der Waals surface area contributed by atoms with Crippen molar-refractivity contribution in [3.05, 3.63) is 30.0 Å². The molecule has 0 unspecified atom stereocenters. The van der Waals surface area contributed by atoms with Gasteiger partial charge in [0.25, 0.3) is 0 Å². The van der Waals surface area contributed by atoms with Crippen molar-refractivity contribution in [1.29, 1.82) is 5.26 Å². The molecule has 0 aliphatic rings. The molecule has 0 aliphatic carbocycles. The lowest BCUT2D eigenvalue weighted by atomic mass is 10.3. The Morgan fingerprint density at radius 1 is 1.62 bits per heavy atom. The maximum Gasteiger partial charge on any atom is 0.139 e. The molecule has 5 heteroatoms. The van der Waals surface area contributed by atoms with Crippen LogP contribution in [-0.2, 0) is 0 Å². The van der Waals surface area contributed by atoms with Gasteiger partial charge >= 0.3 is 0 Å². The fourth-order valence-corrected chi connectivity index (χ4v) is 1.84. The topological polar surface area (TPSA) is 54.5 Å². The van der Waals surface area contributed by atoms with E-state index in [0.29, 0.717) is 5.56 Å². The Hall–Kier alpha value is -1.67. The van der Waals surface area contributed by atoms with Crippen molar-refractivity contribution in [2.75, 3.05) is 0 Å². The van der Waals surface area contributed by atoms with Crippen molar-refractivity contribution in [3.8, 4) is 11.1 Å². The standard InChI is InChI=1S/C8H6N4S/c1-6-7(4-9)8(13-11-6)12-3-2-10-5-12/h2-3,5H,1H3. The molecule has 2 aromatic heterocycles. The molecule has 64 valence electrons. The third-order valence-electron chi connectivity index (χ3n) is 1.70. The van der Waals surface area contributed by atoms with Gasteiger partial charge in [0.05, 0.1) is 12.0 Å². The van der Waals surface area contributed by atoms with Gasteiger partial charge in [-0.25, -0.2) is 4.98 Å². The second kappa shape index (κ2) is 2.99. The van der Waals surface area contributed by atoms with Crippen LogP contribution < -0.4 is 0 Å². The third kappa shape index (κ3) is 1.21. The number of nitrogens with zero attached hydrogens (tertiary/aromatic N) is 4. The van der Waals surface area contributed by atoms with Crippen molar-refractivity contribution in [2.24, 2.45) is 0 Å². The maximum absolute atomic E-state index is 8.87. The van der Waals surface area contributed by atoms with Crippen LogP contribution in [-0.4, -0.2) is 13.9 Å². The minimum absolute atomic E-state index is 0.628. The van der Waals surface area contributed by atoms with Gasteiger partial charge in [-0.05, 0) is 18.5 Å². The summed E-state index contributed by atoms with van der Waals surface area (Å²) in [5.74, 6) is 0. The smallest absolute Gasteiger partial charge is 0.139 e. The fraction of sp³-hybridized carbons (Fsp3) is 0.125. The molecule has 0 aliphatic heterocycles. The molecule has 13 heavy (non-hydrogen) atoms. The summed E-state index contributed by atoms with van der Waals surface area (Å²) in [6, 6.07) is 2.13. The summed E-state index contributed by atoms with van der Waals surface area (Å²) in [6.07, 6.45) is 5.14. The highest BCUT2D eigenvalue weighted by molar-refractivity contribution is 7.08. The van der Waals surface area contributed by atoms with E-state index >= 15 is 0 Å². The maximum atomic E-state index is 8.87. The average Bonchev–Trinajstić information content (AvgIpc) is 2.71. The van der Waals surface area contributed by atoms with Crippen LogP contribution in [0.2, 0.25) is 0 Å². The Bertz CT molecular complexity index is 449. The molecule has 4 nitrogen and oxygen atoms in total. The molecule has 0 amide bonds. The molecular formula is C8H6N4S. The van der Waals surface area contributed by atoms with Gasteiger partial charge in [-0.15, -0.1) is 0 Å². The first-order valence-electron chi connectivity index (χ1n) is 3.67. The van der Waals surface area contributed by atoms with Crippen LogP contribution in [0.3, 0.4) is 0 Å². The Morgan fingerprint density at radius 2 is 2.46 bits per heavy atom. The van der Waals surface area contributed by atoms with Gasteiger partial charge in [0.1, 0.15) is 16.6 Å². The van der Waals surface area contributed by atoms with E-state index in [2.05, 4.69) is 15.4 Å². The van der Waals surface area contributed by atoms with E-state index in [1.807, 2.05) is 6.92 Å². The third-order valence-corrected chi connectivity index (χ3v) is 2.65. The summed E-state index contributed by atoms with van der Waals surface area (Å²) in [4.78, 5) is 3.92. The highest BCUT2D eigenvalue weighted by Gasteiger charge is 2.10. The first kappa shape index (κ1) is 7.95. The summed E-state index contributed by atoms with van der Waals surface area (Å²) in [6.45, 7) is 1.83. The van der Waals surface area contributed by atoms with Crippen molar-refractivity contribution in [1.82, 2.24) is 13.9 Å². The monoisotopic (exact) mass is 190 g/mol. The lowest BCUT2D eigenvalue weighted by molar-refractivity contribution is 1.08. The normalized spacial score (nSPS) is 9.85. The van der Waals surface area contributed by atoms with Crippen LogP contribution in [0, 0.1) is 18.3 Å².